The first-order valence-electron chi connectivity index (χ1n) is 10.9. The zero-order valence-electron chi connectivity index (χ0n) is 19.7. The molecule has 2 N–H and O–H groups in total. The van der Waals surface area contributed by atoms with Crippen molar-refractivity contribution in [2.24, 2.45) is 17.3 Å². The van der Waals surface area contributed by atoms with Crippen LogP contribution in [-0.2, 0) is 27.2 Å². The van der Waals surface area contributed by atoms with E-state index in [2.05, 4.69) is 5.32 Å². The van der Waals surface area contributed by atoms with E-state index in [1.54, 1.807) is 18.0 Å². The van der Waals surface area contributed by atoms with Gasteiger partial charge in [0.05, 0.1) is 6.04 Å². The quantitative estimate of drug-likeness (QED) is 0.652. The van der Waals surface area contributed by atoms with Gasteiger partial charge in [-0.2, -0.15) is 0 Å². The van der Waals surface area contributed by atoms with Crippen LogP contribution in [0.4, 0.5) is 0 Å². The van der Waals surface area contributed by atoms with Crippen molar-refractivity contribution in [2.75, 3.05) is 7.05 Å². The molecule has 31 heavy (non-hydrogen) atoms. The number of benzene rings is 1. The monoisotopic (exact) mass is 428 g/mol. The van der Waals surface area contributed by atoms with Gasteiger partial charge in [-0.1, -0.05) is 65.0 Å². The van der Waals surface area contributed by atoms with Crippen molar-refractivity contribution in [3.63, 3.8) is 0 Å². The average Bonchev–Trinajstić information content (AvgIpc) is 3.12. The second kappa shape index (κ2) is 9.67. The van der Waals surface area contributed by atoms with Crippen LogP contribution in [0.3, 0.4) is 0 Å². The largest absolute Gasteiger partial charge is 0.478 e. The number of nitrogens with one attached hydrogen (secondary N) is 1. The van der Waals surface area contributed by atoms with Gasteiger partial charge in [-0.05, 0) is 42.2 Å². The third kappa shape index (κ3) is 5.96. The van der Waals surface area contributed by atoms with Crippen LogP contribution in [0.25, 0.3) is 0 Å². The van der Waals surface area contributed by atoms with Gasteiger partial charge in [-0.3, -0.25) is 9.59 Å². The van der Waals surface area contributed by atoms with E-state index >= 15 is 0 Å². The zero-order chi connectivity index (χ0) is 23.5. The number of nitrogens with zero attached hydrogens (tertiary/aromatic N) is 1. The van der Waals surface area contributed by atoms with E-state index in [0.29, 0.717) is 12.8 Å². The third-order valence-corrected chi connectivity index (χ3v) is 6.06. The van der Waals surface area contributed by atoms with Crippen LogP contribution < -0.4 is 5.32 Å². The van der Waals surface area contributed by atoms with Crippen molar-refractivity contribution in [1.82, 2.24) is 10.2 Å². The van der Waals surface area contributed by atoms with Crippen LogP contribution in [0.2, 0.25) is 0 Å². The molecule has 6 nitrogen and oxygen atoms in total. The minimum atomic E-state index is -1.01. The first-order valence-corrected chi connectivity index (χ1v) is 10.9. The molecular weight excluding hydrogens is 392 g/mol. The van der Waals surface area contributed by atoms with Crippen LogP contribution in [0.15, 0.2) is 35.9 Å². The van der Waals surface area contributed by atoms with E-state index in [1.807, 2.05) is 58.9 Å². The fourth-order valence-electron chi connectivity index (χ4n) is 4.08. The minimum absolute atomic E-state index is 0.0175. The predicted octanol–water partition coefficient (Wildman–Crippen LogP) is 3.45. The number of likely N-dealkylation sites (N-methyl/N-ethyl adjacent to an activating group) is 1. The lowest BCUT2D eigenvalue weighted by molar-refractivity contribution is -0.141. The molecule has 170 valence electrons. The molecule has 2 atom stereocenters. The average molecular weight is 429 g/mol. The number of carbonyl (C=O) groups is 3. The van der Waals surface area contributed by atoms with Crippen molar-refractivity contribution in [3.8, 4) is 0 Å². The fraction of sp³-hybridized carbons (Fsp3) is 0.560. The van der Waals surface area contributed by atoms with E-state index in [1.165, 1.54) is 18.1 Å². The van der Waals surface area contributed by atoms with Gasteiger partial charge in [-0.25, -0.2) is 4.79 Å². The Morgan fingerprint density at radius 1 is 1.13 bits per heavy atom. The molecule has 0 fully saturated rings. The molecule has 0 spiro atoms. The van der Waals surface area contributed by atoms with Gasteiger partial charge in [-0.15, -0.1) is 0 Å². The summed E-state index contributed by atoms with van der Waals surface area (Å²) in [5.74, 6) is -1.51. The molecule has 2 amide bonds. The summed E-state index contributed by atoms with van der Waals surface area (Å²) in [5.41, 5.74) is 2.07. The minimum Gasteiger partial charge on any atom is -0.478 e. The molecular formula is C25H36N2O4. The van der Waals surface area contributed by atoms with Crippen molar-refractivity contribution in [3.05, 3.63) is 47.0 Å². The molecule has 0 unspecified atom stereocenters. The maximum absolute atomic E-state index is 13.5. The number of carboxylic acids is 1. The Balaban J connectivity index is 2.21. The molecule has 6 heteroatoms. The van der Waals surface area contributed by atoms with Gasteiger partial charge in [0, 0.05) is 18.5 Å². The summed E-state index contributed by atoms with van der Waals surface area (Å²) < 4.78 is 0. The SMILES string of the molecule is C/C(=C\[C@H](C(C)C)N(C)C(=O)[C@@H](NC(=O)C1Cc2ccccc2C1)C(C)(C)C)C(=O)O. The Morgan fingerprint density at radius 2 is 1.65 bits per heavy atom. The van der Waals surface area contributed by atoms with Gasteiger partial charge < -0.3 is 15.3 Å². The highest BCUT2D eigenvalue weighted by molar-refractivity contribution is 5.90. The molecule has 1 aliphatic carbocycles. The summed E-state index contributed by atoms with van der Waals surface area (Å²) >= 11 is 0. The Bertz CT molecular complexity index is 842. The summed E-state index contributed by atoms with van der Waals surface area (Å²) in [4.78, 5) is 39.5. The van der Waals surface area contributed by atoms with E-state index in [-0.39, 0.29) is 35.3 Å². The van der Waals surface area contributed by atoms with Crippen molar-refractivity contribution in [2.45, 2.75) is 66.5 Å². The second-order valence-corrected chi connectivity index (χ2v) is 10.0. The molecule has 0 aromatic heterocycles. The molecule has 0 aliphatic heterocycles. The van der Waals surface area contributed by atoms with Gasteiger partial charge >= 0.3 is 5.97 Å². The third-order valence-electron chi connectivity index (χ3n) is 6.06. The smallest absolute Gasteiger partial charge is 0.331 e. The van der Waals surface area contributed by atoms with Crippen molar-refractivity contribution in [1.29, 1.82) is 0 Å². The second-order valence-electron chi connectivity index (χ2n) is 10.0. The van der Waals surface area contributed by atoms with Gasteiger partial charge in [0.1, 0.15) is 6.04 Å². The standard InChI is InChI=1S/C25H36N2O4/c1-15(2)20(12-16(3)24(30)31)27(7)23(29)21(25(4,5)6)26-22(28)19-13-17-10-8-9-11-18(17)14-19/h8-12,15,19-21H,13-14H2,1-7H3,(H,26,28)(H,30,31)/b16-12+/t20-,21-/m1/s1. The van der Waals surface area contributed by atoms with Crippen LogP contribution in [0.5, 0.6) is 0 Å². The van der Waals surface area contributed by atoms with Gasteiger partial charge in [0.15, 0.2) is 0 Å². The summed E-state index contributed by atoms with van der Waals surface area (Å²) in [6, 6.07) is 6.96. The number of fused-ring (bicyclic) bond motifs is 1. The Hall–Kier alpha value is -2.63. The maximum Gasteiger partial charge on any atom is 0.331 e. The van der Waals surface area contributed by atoms with E-state index in [0.717, 1.165) is 0 Å². The Morgan fingerprint density at radius 3 is 2.06 bits per heavy atom. The highest BCUT2D eigenvalue weighted by Crippen LogP contribution is 2.28. The lowest BCUT2D eigenvalue weighted by Gasteiger charge is -2.37. The van der Waals surface area contributed by atoms with Crippen LogP contribution in [0.1, 0.15) is 52.7 Å². The number of rotatable bonds is 7. The number of carbonyl (C=O) groups excluding carboxylic acids is 2. The van der Waals surface area contributed by atoms with Crippen molar-refractivity contribution < 1.29 is 19.5 Å². The molecule has 0 bridgehead atoms. The molecule has 2 rings (SSSR count). The Labute approximate surface area is 185 Å². The van der Waals surface area contributed by atoms with Crippen LogP contribution in [0, 0.1) is 17.3 Å². The molecule has 0 saturated heterocycles. The summed E-state index contributed by atoms with van der Waals surface area (Å²) in [5, 5.41) is 12.3. The Kier molecular flexibility index (Phi) is 7.68. The van der Waals surface area contributed by atoms with Crippen molar-refractivity contribution >= 4 is 17.8 Å². The molecule has 1 aromatic rings. The molecule has 0 saturated carbocycles. The first-order chi connectivity index (χ1) is 14.3. The fourth-order valence-corrected chi connectivity index (χ4v) is 4.08. The van der Waals surface area contributed by atoms with E-state index in [9.17, 15) is 19.5 Å². The zero-order valence-corrected chi connectivity index (χ0v) is 19.7. The number of aliphatic carboxylic acids is 1. The number of hydrogen-bond donors (Lipinski definition) is 2. The van der Waals surface area contributed by atoms with E-state index in [4.69, 9.17) is 0 Å². The molecule has 0 radical (unpaired) electrons. The number of hydrogen-bond acceptors (Lipinski definition) is 3. The number of carboxylic acid groups (broad SMARTS) is 1. The van der Waals surface area contributed by atoms with Crippen LogP contribution >= 0.6 is 0 Å². The predicted molar refractivity (Wildman–Crippen MR) is 122 cm³/mol. The molecule has 1 aromatic carbocycles. The maximum atomic E-state index is 13.5. The normalized spacial score (nSPS) is 16.6. The summed E-state index contributed by atoms with van der Waals surface area (Å²) in [6.07, 6.45) is 2.97. The number of amides is 2. The topological polar surface area (TPSA) is 86.7 Å². The lowest BCUT2D eigenvalue weighted by atomic mass is 9.84. The molecule has 0 heterocycles. The highest BCUT2D eigenvalue weighted by Gasteiger charge is 2.39. The summed E-state index contributed by atoms with van der Waals surface area (Å²) in [6.45, 7) is 11.2. The summed E-state index contributed by atoms with van der Waals surface area (Å²) in [7, 11) is 1.68. The van der Waals surface area contributed by atoms with Gasteiger partial charge in [0.25, 0.3) is 0 Å². The van der Waals surface area contributed by atoms with Gasteiger partial charge in [0.2, 0.25) is 11.8 Å². The molecule has 1 aliphatic rings. The first kappa shape index (κ1) is 24.6. The lowest BCUT2D eigenvalue weighted by Crippen LogP contribution is -2.57. The highest BCUT2D eigenvalue weighted by atomic mass is 16.4. The van der Waals surface area contributed by atoms with Crippen LogP contribution in [-0.4, -0.2) is 46.9 Å². The van der Waals surface area contributed by atoms with E-state index < -0.39 is 17.4 Å².